The standard InChI is InChI=1S/C21H20F5N7O2/c1-11(2)14-5-7-17(34-9-21(24,25)26)33-18(14)29-20(31-33)28-13-4-6-15(16(8-13)35-19(22)23)32-10-27-12(3)30-32/h4-8,10-11,19H,9H2,1-3H3,(H,28,31). The van der Waals surface area contributed by atoms with E-state index in [9.17, 15) is 22.0 Å². The van der Waals surface area contributed by atoms with Gasteiger partial charge in [0.05, 0.1) is 0 Å². The van der Waals surface area contributed by atoms with Gasteiger partial charge in [0.2, 0.25) is 11.8 Å². The molecule has 14 heteroatoms. The van der Waals surface area contributed by atoms with Gasteiger partial charge in [-0.05, 0) is 36.6 Å². The minimum absolute atomic E-state index is 0.0114. The molecule has 0 unspecified atom stereocenters. The first-order valence-electron chi connectivity index (χ1n) is 10.3. The average molecular weight is 497 g/mol. The number of nitrogens with zero attached hydrogens (tertiary/aromatic N) is 6. The lowest BCUT2D eigenvalue weighted by atomic mass is 10.1. The Labute approximate surface area is 195 Å². The lowest BCUT2D eigenvalue weighted by Crippen LogP contribution is -2.20. The van der Waals surface area contributed by atoms with Gasteiger partial charge in [0.25, 0.3) is 0 Å². The Kier molecular flexibility index (Phi) is 6.45. The SMILES string of the molecule is Cc1ncn(-c2ccc(Nc3nc4c(C(C)C)ccc(OCC(F)(F)F)n4n3)cc2OC(F)F)n1. The van der Waals surface area contributed by atoms with Crippen LogP contribution in [0.2, 0.25) is 0 Å². The lowest BCUT2D eigenvalue weighted by molar-refractivity contribution is -0.154. The van der Waals surface area contributed by atoms with Crippen LogP contribution < -0.4 is 14.8 Å². The number of benzene rings is 1. The van der Waals surface area contributed by atoms with Crippen LogP contribution in [0, 0.1) is 6.92 Å². The Hall–Kier alpha value is -3.97. The summed E-state index contributed by atoms with van der Waals surface area (Å²) < 4.78 is 76.1. The van der Waals surface area contributed by atoms with E-state index in [1.54, 1.807) is 19.1 Å². The number of halogens is 5. The summed E-state index contributed by atoms with van der Waals surface area (Å²) in [4.78, 5) is 8.35. The number of hydrogen-bond donors (Lipinski definition) is 1. The van der Waals surface area contributed by atoms with E-state index in [1.807, 2.05) is 13.8 Å². The molecular weight excluding hydrogens is 477 g/mol. The normalized spacial score (nSPS) is 12.1. The molecule has 186 valence electrons. The van der Waals surface area contributed by atoms with Crippen LogP contribution in [0.5, 0.6) is 11.6 Å². The number of hydrogen-bond acceptors (Lipinski definition) is 7. The Morgan fingerprint density at radius 1 is 1.09 bits per heavy atom. The predicted octanol–water partition coefficient (Wildman–Crippen LogP) is 5.03. The molecule has 3 heterocycles. The average Bonchev–Trinajstić information content (AvgIpc) is 3.37. The van der Waals surface area contributed by atoms with Gasteiger partial charge in [0, 0.05) is 17.8 Å². The van der Waals surface area contributed by atoms with E-state index >= 15 is 0 Å². The van der Waals surface area contributed by atoms with E-state index in [-0.39, 0.29) is 29.2 Å². The van der Waals surface area contributed by atoms with Crippen molar-refractivity contribution in [3.8, 4) is 17.3 Å². The van der Waals surface area contributed by atoms with Gasteiger partial charge in [-0.2, -0.15) is 36.6 Å². The first kappa shape index (κ1) is 24.2. The van der Waals surface area contributed by atoms with E-state index in [0.29, 0.717) is 17.2 Å². The highest BCUT2D eigenvalue weighted by molar-refractivity contribution is 5.63. The zero-order valence-electron chi connectivity index (χ0n) is 18.7. The number of rotatable bonds is 8. The first-order valence-corrected chi connectivity index (χ1v) is 10.3. The van der Waals surface area contributed by atoms with Gasteiger partial charge in [-0.15, -0.1) is 5.10 Å². The third-order valence-corrected chi connectivity index (χ3v) is 4.77. The van der Waals surface area contributed by atoms with Crippen molar-refractivity contribution in [1.82, 2.24) is 29.4 Å². The molecule has 9 nitrogen and oxygen atoms in total. The van der Waals surface area contributed by atoms with Gasteiger partial charge in [0.1, 0.15) is 17.8 Å². The summed E-state index contributed by atoms with van der Waals surface area (Å²) in [5, 5.41) is 11.2. The van der Waals surface area contributed by atoms with Crippen LogP contribution in [0.3, 0.4) is 0 Å². The second-order valence-corrected chi connectivity index (χ2v) is 7.78. The largest absolute Gasteiger partial charge is 0.468 e. The molecule has 3 aromatic heterocycles. The quantitative estimate of drug-likeness (QED) is 0.342. The Morgan fingerprint density at radius 3 is 2.49 bits per heavy atom. The molecule has 4 rings (SSSR count). The number of anilines is 2. The third kappa shape index (κ3) is 5.58. The fraction of sp³-hybridized carbons (Fsp3) is 0.333. The maximum Gasteiger partial charge on any atom is 0.422 e. The summed E-state index contributed by atoms with van der Waals surface area (Å²) >= 11 is 0. The molecule has 0 saturated heterocycles. The number of nitrogens with one attached hydrogen (secondary N) is 1. The molecule has 1 aromatic carbocycles. The maximum atomic E-state index is 13.0. The monoisotopic (exact) mass is 497 g/mol. The fourth-order valence-electron chi connectivity index (χ4n) is 3.29. The highest BCUT2D eigenvalue weighted by Gasteiger charge is 2.29. The predicted molar refractivity (Wildman–Crippen MR) is 115 cm³/mol. The van der Waals surface area contributed by atoms with E-state index in [0.717, 1.165) is 10.1 Å². The third-order valence-electron chi connectivity index (χ3n) is 4.77. The van der Waals surface area contributed by atoms with Crippen molar-refractivity contribution in [2.75, 3.05) is 11.9 Å². The van der Waals surface area contributed by atoms with Crippen molar-refractivity contribution in [2.24, 2.45) is 0 Å². The molecule has 0 bridgehead atoms. The van der Waals surface area contributed by atoms with Crippen molar-refractivity contribution in [3.63, 3.8) is 0 Å². The second kappa shape index (κ2) is 9.35. The molecule has 0 radical (unpaired) electrons. The molecule has 0 aliphatic rings. The second-order valence-electron chi connectivity index (χ2n) is 7.78. The molecule has 0 fully saturated rings. The summed E-state index contributed by atoms with van der Waals surface area (Å²) in [6.07, 6.45) is -3.17. The summed E-state index contributed by atoms with van der Waals surface area (Å²) in [6, 6.07) is 7.35. The van der Waals surface area contributed by atoms with Crippen LogP contribution in [0.15, 0.2) is 36.7 Å². The van der Waals surface area contributed by atoms with E-state index in [2.05, 4.69) is 30.2 Å². The Morgan fingerprint density at radius 2 is 1.86 bits per heavy atom. The van der Waals surface area contributed by atoms with Crippen LogP contribution in [-0.2, 0) is 0 Å². The zero-order valence-corrected chi connectivity index (χ0v) is 18.7. The number of aromatic nitrogens is 6. The molecule has 0 aliphatic heterocycles. The molecule has 0 atom stereocenters. The van der Waals surface area contributed by atoms with Gasteiger partial charge >= 0.3 is 12.8 Å². The summed E-state index contributed by atoms with van der Waals surface area (Å²) in [5.41, 5.74) is 1.54. The van der Waals surface area contributed by atoms with Gasteiger partial charge in [-0.1, -0.05) is 13.8 Å². The summed E-state index contributed by atoms with van der Waals surface area (Å²) in [5.74, 6) is 0.107. The highest BCUT2D eigenvalue weighted by atomic mass is 19.4. The Balaban J connectivity index is 1.69. The van der Waals surface area contributed by atoms with Crippen molar-refractivity contribution in [1.29, 1.82) is 0 Å². The summed E-state index contributed by atoms with van der Waals surface area (Å²) in [6.45, 7) is 0.845. The van der Waals surface area contributed by atoms with Crippen LogP contribution in [0.1, 0.15) is 31.2 Å². The molecule has 0 amide bonds. The van der Waals surface area contributed by atoms with Crippen molar-refractivity contribution in [3.05, 3.63) is 48.0 Å². The minimum atomic E-state index is -4.53. The molecule has 0 saturated carbocycles. The minimum Gasteiger partial charge on any atom is -0.468 e. The maximum absolute atomic E-state index is 13.0. The smallest absolute Gasteiger partial charge is 0.422 e. The molecule has 0 aliphatic carbocycles. The van der Waals surface area contributed by atoms with Crippen LogP contribution in [-0.4, -0.2) is 48.8 Å². The van der Waals surface area contributed by atoms with Gasteiger partial charge < -0.3 is 14.8 Å². The van der Waals surface area contributed by atoms with E-state index < -0.39 is 19.4 Å². The van der Waals surface area contributed by atoms with Gasteiger partial charge in [-0.3, -0.25) is 0 Å². The number of aryl methyl sites for hydroxylation is 1. The van der Waals surface area contributed by atoms with Gasteiger partial charge in [0.15, 0.2) is 18.0 Å². The van der Waals surface area contributed by atoms with Crippen molar-refractivity contribution in [2.45, 2.75) is 39.5 Å². The highest BCUT2D eigenvalue weighted by Crippen LogP contribution is 2.31. The number of alkyl halides is 5. The molecule has 0 spiro atoms. The fourth-order valence-corrected chi connectivity index (χ4v) is 3.29. The molecule has 4 aromatic rings. The number of fused-ring (bicyclic) bond motifs is 1. The molecule has 35 heavy (non-hydrogen) atoms. The van der Waals surface area contributed by atoms with Crippen LogP contribution >= 0.6 is 0 Å². The zero-order chi connectivity index (χ0) is 25.3. The number of ether oxygens (including phenoxy) is 2. The van der Waals surface area contributed by atoms with Crippen molar-refractivity contribution < 1.29 is 31.4 Å². The lowest BCUT2D eigenvalue weighted by Gasteiger charge is -2.12. The molecule has 1 N–H and O–H groups in total. The topological polar surface area (TPSA) is 91.4 Å². The Bertz CT molecular complexity index is 1330. The van der Waals surface area contributed by atoms with E-state index in [4.69, 9.17) is 4.74 Å². The molecular formula is C21H20F5N7O2. The summed E-state index contributed by atoms with van der Waals surface area (Å²) in [7, 11) is 0. The van der Waals surface area contributed by atoms with Crippen LogP contribution in [0.4, 0.5) is 33.6 Å². The van der Waals surface area contributed by atoms with Gasteiger partial charge in [-0.25, -0.2) is 9.67 Å². The van der Waals surface area contributed by atoms with E-state index in [1.165, 1.54) is 29.2 Å². The van der Waals surface area contributed by atoms with Crippen LogP contribution in [0.25, 0.3) is 11.3 Å². The first-order chi connectivity index (χ1) is 16.5. The number of pyridine rings is 1. The van der Waals surface area contributed by atoms with Crippen molar-refractivity contribution >= 4 is 17.3 Å².